The van der Waals surface area contributed by atoms with Gasteiger partial charge >= 0.3 is 57.4 Å². The summed E-state index contributed by atoms with van der Waals surface area (Å²) in [6.45, 7) is -3.73. The second-order valence-electron chi connectivity index (χ2n) is 6.54. The smallest absolute Gasteiger partial charge is 0.264 e. The fourth-order valence-electron chi connectivity index (χ4n) is 1.90. The van der Waals surface area contributed by atoms with E-state index in [4.69, 9.17) is 4.55 Å². The van der Waals surface area contributed by atoms with Crippen molar-refractivity contribution in [1.29, 1.82) is 0 Å². The first-order valence-corrected chi connectivity index (χ1v) is 10.7. The fraction of sp³-hybridized carbons (Fsp3) is 1.00. The van der Waals surface area contributed by atoms with Gasteiger partial charge in [-0.1, -0.05) is 0 Å². The quantitative estimate of drug-likeness (QED) is 0.256. The van der Waals surface area contributed by atoms with E-state index < -0.39 is 84.8 Å². The third kappa shape index (κ3) is 5.26. The normalized spacial score (nSPS) is 16.4. The Kier molecular flexibility index (Phi) is 9.00. The highest BCUT2D eigenvalue weighted by molar-refractivity contribution is 7.90. The van der Waals surface area contributed by atoms with Crippen LogP contribution in [-0.2, 0) is 24.6 Å². The van der Waals surface area contributed by atoms with Gasteiger partial charge in [-0.2, -0.15) is 87.4 Å². The zero-order chi connectivity index (χ0) is 30.7. The maximum absolute atomic E-state index is 13.9. The molecule has 0 atom stereocenters. The molecule has 0 saturated heterocycles. The molecule has 0 rings (SSSR count). The van der Waals surface area contributed by atoms with Crippen LogP contribution in [-0.4, -0.2) is 92.9 Å². The molecule has 0 amide bonds. The van der Waals surface area contributed by atoms with Crippen LogP contribution in [0.25, 0.3) is 0 Å². The summed E-state index contributed by atoms with van der Waals surface area (Å²) < 4.78 is 278. The van der Waals surface area contributed by atoms with Gasteiger partial charge in [0.25, 0.3) is 10.0 Å². The SMILES string of the molecule is CN(CCOS(=O)(=O)O)S(=O)(=O)C(F)(F)C(F)(F)C(F)(F)C(F)(F)C(F)(F)C(F)(F)C(F)(F)C(F)(F)F. The van der Waals surface area contributed by atoms with Crippen LogP contribution in [0.15, 0.2) is 0 Å². The molecule has 37 heavy (non-hydrogen) atoms. The van der Waals surface area contributed by atoms with Gasteiger partial charge in [0, 0.05) is 13.6 Å². The van der Waals surface area contributed by atoms with Gasteiger partial charge in [-0.3, -0.25) is 4.55 Å². The monoisotopic (exact) mass is 637 g/mol. The Labute approximate surface area is 193 Å². The van der Waals surface area contributed by atoms with Crippen molar-refractivity contribution in [2.75, 3.05) is 20.2 Å². The van der Waals surface area contributed by atoms with Crippen LogP contribution in [0.4, 0.5) is 74.6 Å². The first-order valence-electron chi connectivity index (χ1n) is 7.92. The molecule has 0 unspecified atom stereocenters. The van der Waals surface area contributed by atoms with E-state index in [-0.39, 0.29) is 7.05 Å². The zero-order valence-corrected chi connectivity index (χ0v) is 18.2. The maximum Gasteiger partial charge on any atom is 0.460 e. The van der Waals surface area contributed by atoms with Gasteiger partial charge in [0.15, 0.2) is 0 Å². The molecule has 1 N–H and O–H groups in total. The summed E-state index contributed by atoms with van der Waals surface area (Å²) in [5.74, 6) is -52.3. The van der Waals surface area contributed by atoms with Gasteiger partial charge in [-0.05, 0) is 0 Å². The zero-order valence-electron chi connectivity index (χ0n) is 16.6. The Hall–Kier alpha value is -1.41. The molecule has 0 aliphatic heterocycles. The number of rotatable bonds is 12. The van der Waals surface area contributed by atoms with Crippen molar-refractivity contribution in [2.24, 2.45) is 0 Å². The Bertz CT molecular complexity index is 1050. The van der Waals surface area contributed by atoms with E-state index in [2.05, 4.69) is 4.18 Å². The van der Waals surface area contributed by atoms with Crippen LogP contribution in [0.3, 0.4) is 0 Å². The molecule has 0 aromatic heterocycles. The number of halogens is 17. The number of hydrogen-bond acceptors (Lipinski definition) is 5. The van der Waals surface area contributed by atoms with Crippen molar-refractivity contribution in [2.45, 2.75) is 47.0 Å². The lowest BCUT2D eigenvalue weighted by molar-refractivity contribution is -0.458. The Morgan fingerprint density at radius 3 is 1.19 bits per heavy atom. The molecule has 0 saturated carbocycles. The Balaban J connectivity index is 6.76. The molecule has 0 spiro atoms. The topological polar surface area (TPSA) is 101 Å². The van der Waals surface area contributed by atoms with E-state index in [0.29, 0.717) is 0 Å². The maximum atomic E-state index is 13.9. The first kappa shape index (κ1) is 35.6. The third-order valence-corrected chi connectivity index (χ3v) is 6.44. The van der Waals surface area contributed by atoms with E-state index in [0.717, 1.165) is 0 Å². The van der Waals surface area contributed by atoms with Crippen LogP contribution >= 0.6 is 0 Å². The van der Waals surface area contributed by atoms with Crippen LogP contribution in [0.1, 0.15) is 0 Å². The van der Waals surface area contributed by atoms with Crippen molar-refractivity contribution in [3.63, 3.8) is 0 Å². The number of nitrogens with zero attached hydrogens (tertiary/aromatic N) is 1. The molecule has 224 valence electrons. The minimum atomic E-state index is -8.97. The van der Waals surface area contributed by atoms with Gasteiger partial charge in [-0.25, -0.2) is 12.6 Å². The molecular formula is C11H8F17NO6S2. The number of likely N-dealkylation sites (N-methyl/N-ethyl adjacent to an activating group) is 1. The van der Waals surface area contributed by atoms with Crippen LogP contribution in [0.2, 0.25) is 0 Å². The summed E-state index contributed by atoms with van der Waals surface area (Å²) in [4.78, 5) is 0. The van der Waals surface area contributed by atoms with Crippen molar-refractivity contribution in [3.8, 4) is 0 Å². The highest BCUT2D eigenvalue weighted by atomic mass is 32.3. The molecule has 0 radical (unpaired) electrons. The highest BCUT2D eigenvalue weighted by Gasteiger charge is 2.96. The predicted molar refractivity (Wildman–Crippen MR) is 79.7 cm³/mol. The average molecular weight is 637 g/mol. The van der Waals surface area contributed by atoms with Gasteiger partial charge in [0.05, 0.1) is 6.61 Å². The van der Waals surface area contributed by atoms with Gasteiger partial charge in [-0.15, -0.1) is 0 Å². The molecule has 0 heterocycles. The van der Waals surface area contributed by atoms with Crippen molar-refractivity contribution < 1.29 is 100 Å². The summed E-state index contributed by atoms with van der Waals surface area (Å²) in [6.07, 6.45) is -7.94. The third-order valence-electron chi connectivity index (χ3n) is 4.07. The second-order valence-corrected chi connectivity index (χ2v) is 9.71. The summed E-state index contributed by atoms with van der Waals surface area (Å²) in [6, 6.07) is 0. The van der Waals surface area contributed by atoms with Crippen molar-refractivity contribution in [3.05, 3.63) is 0 Å². The fourth-order valence-corrected chi connectivity index (χ4v) is 3.34. The van der Waals surface area contributed by atoms with E-state index in [9.17, 15) is 91.5 Å². The van der Waals surface area contributed by atoms with Crippen LogP contribution < -0.4 is 0 Å². The summed E-state index contributed by atoms with van der Waals surface area (Å²) >= 11 is 0. The lowest BCUT2D eigenvalue weighted by Crippen LogP contribution is -2.75. The molecule has 7 nitrogen and oxygen atoms in total. The summed E-state index contributed by atoms with van der Waals surface area (Å²) in [5.41, 5.74) is 0. The lowest BCUT2D eigenvalue weighted by atomic mass is 9.91. The number of alkyl halides is 17. The molecular weight excluding hydrogens is 629 g/mol. The highest BCUT2D eigenvalue weighted by Crippen LogP contribution is 2.64. The van der Waals surface area contributed by atoms with Gasteiger partial charge < -0.3 is 0 Å². The van der Waals surface area contributed by atoms with Crippen molar-refractivity contribution >= 4 is 20.4 Å². The molecule has 0 aliphatic carbocycles. The second kappa shape index (κ2) is 9.35. The molecule has 26 heteroatoms. The minimum Gasteiger partial charge on any atom is -0.264 e. The number of sulfonamides is 1. The summed E-state index contributed by atoms with van der Waals surface area (Å²) in [5, 5.41) is -7.78. The molecule has 0 bridgehead atoms. The minimum absolute atomic E-state index is 0.324. The lowest BCUT2D eigenvalue weighted by Gasteiger charge is -2.42. The summed E-state index contributed by atoms with van der Waals surface area (Å²) in [7, 11) is -13.4. The van der Waals surface area contributed by atoms with Crippen LogP contribution in [0, 0.1) is 0 Å². The number of hydrogen-bond donors (Lipinski definition) is 1. The van der Waals surface area contributed by atoms with E-state index in [1.807, 2.05) is 0 Å². The van der Waals surface area contributed by atoms with E-state index in [1.54, 1.807) is 0 Å². The van der Waals surface area contributed by atoms with Gasteiger partial charge in [0.1, 0.15) is 0 Å². The predicted octanol–water partition coefficient (Wildman–Crippen LogP) is 4.03. The molecule has 0 aromatic rings. The van der Waals surface area contributed by atoms with E-state index in [1.165, 1.54) is 0 Å². The average Bonchev–Trinajstić information content (AvgIpc) is 2.64. The van der Waals surface area contributed by atoms with Gasteiger partial charge in [0.2, 0.25) is 0 Å². The van der Waals surface area contributed by atoms with Crippen molar-refractivity contribution in [1.82, 2.24) is 4.31 Å². The standard InChI is InChI=1S/C11H8F17NO6S2/c1-29(2-3-35-37(32,33)34)36(30,31)11(27,28)9(22,23)7(18,19)5(14,15)4(12,13)6(16,17)8(20,21)10(24,25)26/h2-3H2,1H3,(H,32,33,34). The molecule has 0 aliphatic rings. The van der Waals surface area contributed by atoms with E-state index >= 15 is 0 Å². The first-order chi connectivity index (χ1) is 15.6. The largest absolute Gasteiger partial charge is 0.460 e. The Morgan fingerprint density at radius 2 is 0.892 bits per heavy atom. The van der Waals surface area contributed by atoms with Crippen LogP contribution in [0.5, 0.6) is 0 Å². The Morgan fingerprint density at radius 1 is 0.595 bits per heavy atom. The molecule has 0 aromatic carbocycles. The molecule has 0 fully saturated rings.